The van der Waals surface area contributed by atoms with Gasteiger partial charge in [-0.1, -0.05) is 13.8 Å². The monoisotopic (exact) mass is 253 g/mol. The molecule has 5 nitrogen and oxygen atoms in total. The molecule has 3 atom stereocenters. The highest BCUT2D eigenvalue weighted by Crippen LogP contribution is 2.21. The zero-order valence-corrected chi connectivity index (χ0v) is 11.2. The van der Waals surface area contributed by atoms with Gasteiger partial charge in [0.1, 0.15) is 0 Å². The fourth-order valence-corrected chi connectivity index (χ4v) is 2.98. The number of hydrogen-bond donors (Lipinski definition) is 2. The number of piperazine rings is 1. The molecule has 0 spiro atoms. The van der Waals surface area contributed by atoms with Gasteiger partial charge < -0.3 is 15.5 Å². The summed E-state index contributed by atoms with van der Waals surface area (Å²) in [6.45, 7) is 7.43. The van der Waals surface area contributed by atoms with Crippen LogP contribution < -0.4 is 10.6 Å². The van der Waals surface area contributed by atoms with Crippen LogP contribution in [0.1, 0.15) is 26.7 Å². The molecule has 0 aromatic carbocycles. The summed E-state index contributed by atoms with van der Waals surface area (Å²) in [7, 11) is 0. The Morgan fingerprint density at radius 1 is 1.28 bits per heavy atom. The number of amides is 2. The van der Waals surface area contributed by atoms with Crippen molar-refractivity contribution in [2.24, 2.45) is 11.8 Å². The lowest BCUT2D eigenvalue weighted by atomic mass is 9.91. The van der Waals surface area contributed by atoms with E-state index in [4.69, 9.17) is 0 Å². The molecule has 0 bridgehead atoms. The predicted octanol–water partition coefficient (Wildman–Crippen LogP) is -0.0310. The van der Waals surface area contributed by atoms with Crippen LogP contribution in [0.5, 0.6) is 0 Å². The van der Waals surface area contributed by atoms with Gasteiger partial charge in [0.25, 0.3) is 0 Å². The molecule has 2 rings (SSSR count). The number of hydrogen-bond acceptors (Lipinski definition) is 3. The molecule has 0 aromatic heterocycles. The third kappa shape index (κ3) is 3.22. The van der Waals surface area contributed by atoms with Gasteiger partial charge in [0.05, 0.1) is 12.5 Å². The molecule has 102 valence electrons. The van der Waals surface area contributed by atoms with E-state index in [0.29, 0.717) is 18.4 Å². The zero-order valence-electron chi connectivity index (χ0n) is 11.2. The lowest BCUT2D eigenvalue weighted by Gasteiger charge is -2.36. The smallest absolute Gasteiger partial charge is 0.237 e. The standard InChI is InChI=1S/C13H23N3O2/c1-9-5-10(2)8-16(7-9)12(17)6-11-13(18)15-4-3-14-11/h9-11,14H,3-8H2,1-2H3,(H,15,18)/t9-,10-,11-/m0/s1. The maximum atomic E-state index is 12.2. The molecule has 2 aliphatic heterocycles. The highest BCUT2D eigenvalue weighted by molar-refractivity contribution is 5.88. The van der Waals surface area contributed by atoms with Gasteiger partial charge in [-0.2, -0.15) is 0 Å². The van der Waals surface area contributed by atoms with Gasteiger partial charge in [-0.3, -0.25) is 9.59 Å². The van der Waals surface area contributed by atoms with Crippen molar-refractivity contribution in [3.8, 4) is 0 Å². The van der Waals surface area contributed by atoms with Crippen molar-refractivity contribution in [2.45, 2.75) is 32.7 Å². The molecule has 0 unspecified atom stereocenters. The van der Waals surface area contributed by atoms with E-state index in [0.717, 1.165) is 19.6 Å². The first-order valence-corrected chi connectivity index (χ1v) is 6.85. The Morgan fingerprint density at radius 2 is 1.94 bits per heavy atom. The molecule has 2 aliphatic rings. The normalized spacial score (nSPS) is 33.1. The molecule has 0 aliphatic carbocycles. The van der Waals surface area contributed by atoms with Gasteiger partial charge in [-0.15, -0.1) is 0 Å². The molecule has 2 saturated heterocycles. The van der Waals surface area contributed by atoms with Crippen LogP contribution in [0.2, 0.25) is 0 Å². The number of rotatable bonds is 2. The molecule has 0 aromatic rings. The third-order valence-electron chi connectivity index (χ3n) is 3.73. The number of nitrogens with zero attached hydrogens (tertiary/aromatic N) is 1. The van der Waals surface area contributed by atoms with Gasteiger partial charge in [-0.25, -0.2) is 0 Å². The van der Waals surface area contributed by atoms with Crippen LogP contribution in [0.4, 0.5) is 0 Å². The molecule has 2 heterocycles. The number of piperidine rings is 1. The van der Waals surface area contributed by atoms with Crippen molar-refractivity contribution >= 4 is 11.8 Å². The Labute approximate surface area is 108 Å². The van der Waals surface area contributed by atoms with Crippen LogP contribution in [0, 0.1) is 11.8 Å². The molecule has 2 amide bonds. The lowest BCUT2D eigenvalue weighted by molar-refractivity contribution is -0.137. The second kappa shape index (κ2) is 5.69. The summed E-state index contributed by atoms with van der Waals surface area (Å²) in [5.41, 5.74) is 0. The minimum Gasteiger partial charge on any atom is -0.353 e. The van der Waals surface area contributed by atoms with Crippen LogP contribution in [-0.2, 0) is 9.59 Å². The van der Waals surface area contributed by atoms with Crippen molar-refractivity contribution < 1.29 is 9.59 Å². The van der Waals surface area contributed by atoms with Crippen LogP contribution >= 0.6 is 0 Å². The molecule has 5 heteroatoms. The van der Waals surface area contributed by atoms with Crippen molar-refractivity contribution in [3.63, 3.8) is 0 Å². The Kier molecular flexibility index (Phi) is 4.22. The van der Waals surface area contributed by atoms with E-state index >= 15 is 0 Å². The summed E-state index contributed by atoms with van der Waals surface area (Å²) >= 11 is 0. The van der Waals surface area contributed by atoms with Crippen molar-refractivity contribution in [1.29, 1.82) is 0 Å². The lowest BCUT2D eigenvalue weighted by Crippen LogP contribution is -2.55. The Morgan fingerprint density at radius 3 is 2.56 bits per heavy atom. The molecule has 2 fully saturated rings. The Hall–Kier alpha value is -1.10. The first-order chi connectivity index (χ1) is 8.56. The molecule has 0 saturated carbocycles. The minimum atomic E-state index is -0.348. The summed E-state index contributed by atoms with van der Waals surface area (Å²) in [5.74, 6) is 1.17. The van der Waals surface area contributed by atoms with Gasteiger partial charge in [-0.05, 0) is 18.3 Å². The Balaban J connectivity index is 1.88. The number of carbonyl (C=O) groups excluding carboxylic acids is 2. The van der Waals surface area contributed by atoms with Crippen molar-refractivity contribution in [2.75, 3.05) is 26.2 Å². The van der Waals surface area contributed by atoms with E-state index < -0.39 is 0 Å². The molecular weight excluding hydrogens is 230 g/mol. The summed E-state index contributed by atoms with van der Waals surface area (Å²) < 4.78 is 0. The summed E-state index contributed by atoms with van der Waals surface area (Å²) in [6.07, 6.45) is 1.47. The van der Waals surface area contributed by atoms with E-state index in [2.05, 4.69) is 24.5 Å². The van der Waals surface area contributed by atoms with Crippen LogP contribution in [0.3, 0.4) is 0 Å². The summed E-state index contributed by atoms with van der Waals surface area (Å²) in [4.78, 5) is 25.7. The highest BCUT2D eigenvalue weighted by Gasteiger charge is 2.30. The predicted molar refractivity (Wildman–Crippen MR) is 68.9 cm³/mol. The van der Waals surface area contributed by atoms with Crippen LogP contribution in [-0.4, -0.2) is 48.9 Å². The maximum Gasteiger partial charge on any atom is 0.237 e. The fraction of sp³-hybridized carbons (Fsp3) is 0.846. The summed E-state index contributed by atoms with van der Waals surface area (Å²) in [6, 6.07) is -0.348. The SMILES string of the molecule is C[C@H]1C[C@H](C)CN(C(=O)C[C@@H]2NCCNC2=O)C1. The van der Waals surface area contributed by atoms with E-state index in [1.54, 1.807) is 0 Å². The van der Waals surface area contributed by atoms with E-state index in [1.165, 1.54) is 6.42 Å². The van der Waals surface area contributed by atoms with Gasteiger partial charge >= 0.3 is 0 Å². The van der Waals surface area contributed by atoms with Gasteiger partial charge in [0.2, 0.25) is 11.8 Å². The van der Waals surface area contributed by atoms with Crippen molar-refractivity contribution in [1.82, 2.24) is 15.5 Å². The summed E-state index contributed by atoms with van der Waals surface area (Å²) in [5, 5.41) is 5.89. The highest BCUT2D eigenvalue weighted by atomic mass is 16.2. The van der Waals surface area contributed by atoms with Gasteiger partial charge in [0, 0.05) is 26.2 Å². The average Bonchev–Trinajstić information content (AvgIpc) is 2.31. The first-order valence-electron chi connectivity index (χ1n) is 6.85. The number of carbonyl (C=O) groups is 2. The molecule has 2 N–H and O–H groups in total. The molecular formula is C13H23N3O2. The first kappa shape index (κ1) is 13.3. The number of nitrogens with one attached hydrogen (secondary N) is 2. The van der Waals surface area contributed by atoms with Crippen LogP contribution in [0.15, 0.2) is 0 Å². The topological polar surface area (TPSA) is 61.4 Å². The van der Waals surface area contributed by atoms with E-state index in [-0.39, 0.29) is 24.3 Å². The second-order valence-electron chi connectivity index (χ2n) is 5.75. The van der Waals surface area contributed by atoms with E-state index in [1.807, 2.05) is 4.90 Å². The van der Waals surface area contributed by atoms with Gasteiger partial charge in [0.15, 0.2) is 0 Å². The average molecular weight is 253 g/mol. The van der Waals surface area contributed by atoms with Crippen LogP contribution in [0.25, 0.3) is 0 Å². The number of likely N-dealkylation sites (tertiary alicyclic amines) is 1. The fourth-order valence-electron chi connectivity index (χ4n) is 2.98. The Bertz CT molecular complexity index is 322. The quantitative estimate of drug-likeness (QED) is 0.726. The van der Waals surface area contributed by atoms with Crippen molar-refractivity contribution in [3.05, 3.63) is 0 Å². The maximum absolute atomic E-state index is 12.2. The molecule has 18 heavy (non-hydrogen) atoms. The molecule has 0 radical (unpaired) electrons. The minimum absolute atomic E-state index is 0.0484. The second-order valence-corrected chi connectivity index (χ2v) is 5.75. The largest absolute Gasteiger partial charge is 0.353 e. The zero-order chi connectivity index (χ0) is 13.1. The van der Waals surface area contributed by atoms with E-state index in [9.17, 15) is 9.59 Å². The third-order valence-corrected chi connectivity index (χ3v) is 3.73.